The average molecular weight is 172 g/mol. The summed E-state index contributed by atoms with van der Waals surface area (Å²) in [5, 5.41) is 0. The number of ketones is 1. The van der Waals surface area contributed by atoms with Gasteiger partial charge in [-0.05, 0) is 24.2 Å². The first-order chi connectivity index (χ1) is 5.41. The fraction of sp³-hybridized carbons (Fsp3) is 0.900. The van der Waals surface area contributed by atoms with Crippen LogP contribution in [0.1, 0.15) is 40.0 Å². The lowest BCUT2D eigenvalue weighted by molar-refractivity contribution is -0.127. The molecule has 12 heavy (non-hydrogen) atoms. The Labute approximate surface area is 73.3 Å². The fourth-order valence-electron chi connectivity index (χ4n) is 1.76. The molecule has 70 valence electrons. The van der Waals surface area contributed by atoms with Gasteiger partial charge < -0.3 is 0 Å². The number of carbonyl (C=O) groups excluding carboxylic acids is 1. The van der Waals surface area contributed by atoms with Crippen molar-refractivity contribution in [2.45, 2.75) is 46.2 Å². The second-order valence-corrected chi connectivity index (χ2v) is 4.77. The summed E-state index contributed by atoms with van der Waals surface area (Å²) in [5.74, 6) is 0.167. The monoisotopic (exact) mass is 172 g/mol. The van der Waals surface area contributed by atoms with Gasteiger partial charge in [0.15, 0.2) is 12.0 Å². The molecule has 0 amide bonds. The quantitative estimate of drug-likeness (QED) is 0.549. The minimum absolute atomic E-state index is 0.144. The van der Waals surface area contributed by atoms with Crippen molar-refractivity contribution in [2.24, 2.45) is 11.3 Å². The Balaban J connectivity index is 2.57. The molecule has 0 N–H and O–H groups in total. The standard InChI is InChI=1S/C10H17FO/c1-10(2,3)7-4-5-9(12)8(11)6-7/h7-8H,4-6H2,1-3H3/t7-,8+/m0/s1. The van der Waals surface area contributed by atoms with E-state index in [9.17, 15) is 9.18 Å². The Morgan fingerprint density at radius 1 is 1.42 bits per heavy atom. The molecular weight excluding hydrogens is 155 g/mol. The van der Waals surface area contributed by atoms with E-state index in [1.165, 1.54) is 0 Å². The van der Waals surface area contributed by atoms with Crippen LogP contribution in [0.3, 0.4) is 0 Å². The van der Waals surface area contributed by atoms with Gasteiger partial charge in [-0.1, -0.05) is 20.8 Å². The first-order valence-corrected chi connectivity index (χ1v) is 4.58. The van der Waals surface area contributed by atoms with E-state index in [0.29, 0.717) is 18.8 Å². The molecule has 0 heterocycles. The van der Waals surface area contributed by atoms with Crippen molar-refractivity contribution in [3.8, 4) is 0 Å². The van der Waals surface area contributed by atoms with Gasteiger partial charge in [0, 0.05) is 6.42 Å². The maximum absolute atomic E-state index is 13.0. The lowest BCUT2D eigenvalue weighted by Crippen LogP contribution is -2.32. The van der Waals surface area contributed by atoms with Gasteiger partial charge in [0.25, 0.3) is 0 Å². The van der Waals surface area contributed by atoms with Gasteiger partial charge in [-0.2, -0.15) is 0 Å². The SMILES string of the molecule is CC(C)(C)[C@H]1CCC(=O)[C@H](F)C1. The molecule has 0 saturated heterocycles. The van der Waals surface area contributed by atoms with Gasteiger partial charge in [-0.3, -0.25) is 4.79 Å². The van der Waals surface area contributed by atoms with Crippen LogP contribution < -0.4 is 0 Å². The molecule has 0 spiro atoms. The van der Waals surface area contributed by atoms with Gasteiger partial charge in [0.1, 0.15) is 0 Å². The highest BCUT2D eigenvalue weighted by Gasteiger charge is 2.34. The average Bonchev–Trinajstić information content (AvgIpc) is 1.92. The molecule has 1 fully saturated rings. The van der Waals surface area contributed by atoms with Crippen LogP contribution in [0, 0.1) is 11.3 Å². The number of carbonyl (C=O) groups is 1. The van der Waals surface area contributed by atoms with Gasteiger partial charge >= 0.3 is 0 Å². The Hall–Kier alpha value is -0.400. The van der Waals surface area contributed by atoms with E-state index in [1.807, 2.05) is 0 Å². The Morgan fingerprint density at radius 3 is 2.42 bits per heavy atom. The highest BCUT2D eigenvalue weighted by molar-refractivity contribution is 5.83. The third-order valence-corrected chi connectivity index (χ3v) is 2.80. The summed E-state index contributed by atoms with van der Waals surface area (Å²) >= 11 is 0. The van der Waals surface area contributed by atoms with Gasteiger partial charge in [0.2, 0.25) is 0 Å². The van der Waals surface area contributed by atoms with E-state index in [2.05, 4.69) is 20.8 Å². The largest absolute Gasteiger partial charge is 0.296 e. The summed E-state index contributed by atoms with van der Waals surface area (Å²) in [6.45, 7) is 6.33. The minimum atomic E-state index is -1.19. The molecule has 0 bridgehead atoms. The van der Waals surface area contributed by atoms with Crippen LogP contribution in [0.5, 0.6) is 0 Å². The summed E-state index contributed by atoms with van der Waals surface area (Å²) < 4.78 is 13.0. The molecule has 1 nitrogen and oxygen atoms in total. The zero-order valence-corrected chi connectivity index (χ0v) is 8.06. The van der Waals surface area contributed by atoms with Crippen LogP contribution in [0.25, 0.3) is 0 Å². The van der Waals surface area contributed by atoms with Crippen LogP contribution >= 0.6 is 0 Å². The summed E-state index contributed by atoms with van der Waals surface area (Å²) in [7, 11) is 0. The summed E-state index contributed by atoms with van der Waals surface area (Å²) in [6.07, 6.45) is 0.539. The lowest BCUT2D eigenvalue weighted by Gasteiger charge is -2.34. The molecule has 0 radical (unpaired) electrons. The molecule has 0 aromatic rings. The van der Waals surface area contributed by atoms with E-state index in [1.54, 1.807) is 0 Å². The second-order valence-electron chi connectivity index (χ2n) is 4.77. The first-order valence-electron chi connectivity index (χ1n) is 4.58. The highest BCUT2D eigenvalue weighted by Crippen LogP contribution is 2.37. The van der Waals surface area contributed by atoms with E-state index in [-0.39, 0.29) is 11.2 Å². The number of halogens is 1. The molecule has 2 atom stereocenters. The van der Waals surface area contributed by atoms with E-state index in [0.717, 1.165) is 6.42 Å². The predicted octanol–water partition coefficient (Wildman–Crippen LogP) is 2.74. The molecule has 0 aromatic heterocycles. The van der Waals surface area contributed by atoms with Crippen molar-refractivity contribution >= 4 is 5.78 Å². The number of hydrogen-bond donors (Lipinski definition) is 0. The Bertz CT molecular complexity index is 181. The van der Waals surface area contributed by atoms with Crippen LogP contribution in [0.2, 0.25) is 0 Å². The summed E-state index contributed by atoms with van der Waals surface area (Å²) in [5.41, 5.74) is 0.144. The van der Waals surface area contributed by atoms with Crippen molar-refractivity contribution in [3.63, 3.8) is 0 Å². The van der Waals surface area contributed by atoms with Crippen LogP contribution in [-0.2, 0) is 4.79 Å². The van der Waals surface area contributed by atoms with E-state index in [4.69, 9.17) is 0 Å². The van der Waals surface area contributed by atoms with E-state index >= 15 is 0 Å². The molecule has 1 aliphatic carbocycles. The van der Waals surface area contributed by atoms with Gasteiger partial charge in [-0.15, -0.1) is 0 Å². The number of hydrogen-bond acceptors (Lipinski definition) is 1. The predicted molar refractivity (Wildman–Crippen MR) is 46.7 cm³/mol. The van der Waals surface area contributed by atoms with Crippen LogP contribution in [-0.4, -0.2) is 12.0 Å². The molecule has 1 rings (SSSR count). The first kappa shape index (κ1) is 9.69. The van der Waals surface area contributed by atoms with Gasteiger partial charge in [-0.25, -0.2) is 4.39 Å². The molecule has 0 aliphatic heterocycles. The lowest BCUT2D eigenvalue weighted by atomic mass is 9.71. The maximum Gasteiger partial charge on any atom is 0.166 e. The number of Topliss-reactive ketones (excluding diaryl/α,β-unsaturated/α-hetero) is 1. The molecule has 2 heteroatoms. The van der Waals surface area contributed by atoms with Crippen molar-refractivity contribution in [1.82, 2.24) is 0 Å². The normalized spacial score (nSPS) is 32.2. The van der Waals surface area contributed by atoms with Crippen molar-refractivity contribution in [2.75, 3.05) is 0 Å². The number of rotatable bonds is 0. The van der Waals surface area contributed by atoms with Crippen molar-refractivity contribution in [1.29, 1.82) is 0 Å². The van der Waals surface area contributed by atoms with Crippen LogP contribution in [0.4, 0.5) is 4.39 Å². The maximum atomic E-state index is 13.0. The summed E-state index contributed by atoms with van der Waals surface area (Å²) in [4.78, 5) is 10.9. The zero-order valence-electron chi connectivity index (χ0n) is 8.06. The van der Waals surface area contributed by atoms with Crippen LogP contribution in [0.15, 0.2) is 0 Å². The smallest absolute Gasteiger partial charge is 0.166 e. The molecule has 1 aliphatic rings. The third-order valence-electron chi connectivity index (χ3n) is 2.80. The minimum Gasteiger partial charge on any atom is -0.296 e. The topological polar surface area (TPSA) is 17.1 Å². The second kappa shape index (κ2) is 3.15. The zero-order chi connectivity index (χ0) is 9.35. The Kier molecular flexibility index (Phi) is 2.55. The molecule has 0 unspecified atom stereocenters. The molecule has 1 saturated carbocycles. The van der Waals surface area contributed by atoms with Gasteiger partial charge in [0.05, 0.1) is 0 Å². The fourth-order valence-corrected chi connectivity index (χ4v) is 1.76. The third kappa shape index (κ3) is 2.05. The molecular formula is C10H17FO. The van der Waals surface area contributed by atoms with Crippen molar-refractivity contribution in [3.05, 3.63) is 0 Å². The Morgan fingerprint density at radius 2 is 2.00 bits per heavy atom. The number of alkyl halides is 1. The van der Waals surface area contributed by atoms with E-state index < -0.39 is 6.17 Å². The van der Waals surface area contributed by atoms with Crippen molar-refractivity contribution < 1.29 is 9.18 Å². The molecule has 0 aromatic carbocycles. The highest BCUT2D eigenvalue weighted by atomic mass is 19.1. The summed E-state index contributed by atoms with van der Waals surface area (Å²) in [6, 6.07) is 0.